The molecule has 1 N–H and O–H groups in total. The standard InChI is InChI=1S/C22H27N7O/c1-2-15-4-7-19(24-22(15)30)16-3-5-17(13-16)28-9-11-29(12-10-28)18-6-8-20(23-14-18)21-25-27-26-21/h4,6-8,14,16-17H,2-3,5,9-13H2,1H3,(H,24,30)/t16-,17+/m1/s1. The predicted octanol–water partition coefficient (Wildman–Crippen LogP) is 2.92. The average molecular weight is 406 g/mol. The molecule has 1 aliphatic carbocycles. The van der Waals surface area contributed by atoms with Gasteiger partial charge in [0.05, 0.1) is 11.9 Å². The van der Waals surface area contributed by atoms with Gasteiger partial charge in [0.25, 0.3) is 5.56 Å². The van der Waals surface area contributed by atoms with Gasteiger partial charge in [0.15, 0.2) is 0 Å². The molecular formula is C22H27N7O. The van der Waals surface area contributed by atoms with Crippen molar-refractivity contribution in [3.05, 3.63) is 57.8 Å². The molecule has 30 heavy (non-hydrogen) atoms. The average Bonchev–Trinajstić information content (AvgIpc) is 3.23. The zero-order valence-corrected chi connectivity index (χ0v) is 17.3. The Kier molecular flexibility index (Phi) is 5.16. The van der Waals surface area contributed by atoms with Gasteiger partial charge in [-0.1, -0.05) is 13.0 Å². The molecule has 2 aliphatic heterocycles. The van der Waals surface area contributed by atoms with Crippen LogP contribution >= 0.6 is 0 Å². The van der Waals surface area contributed by atoms with Crippen molar-refractivity contribution in [2.24, 2.45) is 15.4 Å². The summed E-state index contributed by atoms with van der Waals surface area (Å²) in [6.07, 6.45) is 6.18. The second kappa shape index (κ2) is 8.10. The van der Waals surface area contributed by atoms with E-state index in [0.717, 1.165) is 68.1 Å². The SMILES string of the molecule is CCc1ccc([C@@H]2CC[C@H](N3CCN(c4ccc(C5=NN=N5)nc4)CC3)C2)[nH]c1=O. The van der Waals surface area contributed by atoms with Crippen LogP contribution in [0.5, 0.6) is 0 Å². The second-order valence-corrected chi connectivity index (χ2v) is 8.32. The molecule has 1 saturated heterocycles. The van der Waals surface area contributed by atoms with Crippen molar-refractivity contribution in [1.29, 1.82) is 0 Å². The van der Waals surface area contributed by atoms with E-state index < -0.39 is 0 Å². The van der Waals surface area contributed by atoms with Crippen LogP contribution in [0, 0.1) is 0 Å². The van der Waals surface area contributed by atoms with Crippen molar-refractivity contribution >= 4 is 11.5 Å². The molecule has 1 saturated carbocycles. The number of hydrogen-bond donors (Lipinski definition) is 1. The number of pyridine rings is 2. The Morgan fingerprint density at radius 2 is 1.93 bits per heavy atom. The minimum atomic E-state index is 0.0825. The predicted molar refractivity (Wildman–Crippen MR) is 116 cm³/mol. The number of piperazine rings is 1. The Labute approximate surface area is 175 Å². The maximum absolute atomic E-state index is 12.2. The van der Waals surface area contributed by atoms with Crippen molar-refractivity contribution in [3.8, 4) is 0 Å². The van der Waals surface area contributed by atoms with E-state index in [9.17, 15) is 4.79 Å². The smallest absolute Gasteiger partial charge is 0.251 e. The van der Waals surface area contributed by atoms with Gasteiger partial charge in [-0.3, -0.25) is 14.7 Å². The lowest BCUT2D eigenvalue weighted by molar-refractivity contribution is 0.186. The van der Waals surface area contributed by atoms with Gasteiger partial charge in [0.2, 0.25) is 5.84 Å². The van der Waals surface area contributed by atoms with Crippen LogP contribution in [0.15, 0.2) is 50.7 Å². The van der Waals surface area contributed by atoms with Crippen LogP contribution in [-0.4, -0.2) is 52.9 Å². The lowest BCUT2D eigenvalue weighted by atomic mass is 10.0. The number of nitrogens with zero attached hydrogens (tertiary/aromatic N) is 6. The van der Waals surface area contributed by atoms with Crippen LogP contribution in [0.1, 0.15) is 49.1 Å². The minimum Gasteiger partial charge on any atom is -0.368 e. The van der Waals surface area contributed by atoms with Gasteiger partial charge >= 0.3 is 0 Å². The normalized spacial score (nSPS) is 24.0. The van der Waals surface area contributed by atoms with Crippen molar-refractivity contribution in [1.82, 2.24) is 14.9 Å². The third kappa shape index (κ3) is 3.67. The summed E-state index contributed by atoms with van der Waals surface area (Å²) in [5.74, 6) is 1.07. The Bertz CT molecular complexity index is 1020. The molecule has 0 aromatic carbocycles. The van der Waals surface area contributed by atoms with Crippen LogP contribution in [0.2, 0.25) is 0 Å². The van der Waals surface area contributed by atoms with Gasteiger partial charge in [-0.05, 0) is 49.1 Å². The number of aromatic amines is 1. The summed E-state index contributed by atoms with van der Waals surface area (Å²) < 4.78 is 0. The molecule has 156 valence electrons. The van der Waals surface area contributed by atoms with Gasteiger partial charge in [-0.25, -0.2) is 0 Å². The fourth-order valence-corrected chi connectivity index (χ4v) is 4.85. The summed E-state index contributed by atoms with van der Waals surface area (Å²) in [5, 5.41) is 11.2. The molecule has 0 bridgehead atoms. The first-order valence-electron chi connectivity index (χ1n) is 10.9. The van der Waals surface area contributed by atoms with Gasteiger partial charge in [0, 0.05) is 49.4 Å². The van der Waals surface area contributed by atoms with Gasteiger partial charge in [-0.15, -0.1) is 10.2 Å². The number of aryl methyl sites for hydroxylation is 1. The summed E-state index contributed by atoms with van der Waals surface area (Å²) in [4.78, 5) is 24.8. The maximum atomic E-state index is 12.2. The molecule has 2 fully saturated rings. The van der Waals surface area contributed by atoms with Gasteiger partial charge in [0.1, 0.15) is 5.69 Å². The van der Waals surface area contributed by atoms with E-state index in [1.165, 1.54) is 6.42 Å². The quantitative estimate of drug-likeness (QED) is 0.828. The van der Waals surface area contributed by atoms with E-state index in [2.05, 4.69) is 47.3 Å². The highest BCUT2D eigenvalue weighted by atomic mass is 16.1. The summed E-state index contributed by atoms with van der Waals surface area (Å²) in [7, 11) is 0. The molecule has 0 spiro atoms. The van der Waals surface area contributed by atoms with Crippen LogP contribution in [0.3, 0.4) is 0 Å². The summed E-state index contributed by atoms with van der Waals surface area (Å²) in [5.41, 5.74) is 3.98. The molecule has 2 aromatic rings. The lowest BCUT2D eigenvalue weighted by Gasteiger charge is -2.39. The lowest BCUT2D eigenvalue weighted by Crippen LogP contribution is -2.49. The van der Waals surface area contributed by atoms with Gasteiger partial charge < -0.3 is 9.88 Å². The number of anilines is 1. The Hall–Kier alpha value is -2.87. The number of H-pyrrole nitrogens is 1. The maximum Gasteiger partial charge on any atom is 0.251 e. The molecular weight excluding hydrogens is 378 g/mol. The van der Waals surface area contributed by atoms with Crippen molar-refractivity contribution in [2.45, 2.75) is 44.6 Å². The number of nitrogens with one attached hydrogen (secondary N) is 1. The number of amidine groups is 1. The number of rotatable bonds is 5. The Morgan fingerprint density at radius 3 is 2.57 bits per heavy atom. The fourth-order valence-electron chi connectivity index (χ4n) is 4.85. The molecule has 0 amide bonds. The van der Waals surface area contributed by atoms with E-state index in [-0.39, 0.29) is 5.56 Å². The van der Waals surface area contributed by atoms with Gasteiger partial charge in [-0.2, -0.15) is 0 Å². The van der Waals surface area contributed by atoms with Crippen molar-refractivity contribution in [2.75, 3.05) is 31.1 Å². The van der Waals surface area contributed by atoms with Crippen molar-refractivity contribution in [3.63, 3.8) is 0 Å². The molecule has 8 nitrogen and oxygen atoms in total. The number of aromatic nitrogens is 2. The van der Waals surface area contributed by atoms with Crippen LogP contribution in [-0.2, 0) is 6.42 Å². The topological polar surface area (TPSA) is 89.3 Å². The first-order chi connectivity index (χ1) is 14.7. The third-order valence-electron chi connectivity index (χ3n) is 6.69. The van der Waals surface area contributed by atoms with Crippen LogP contribution < -0.4 is 10.5 Å². The molecule has 3 aliphatic rings. The second-order valence-electron chi connectivity index (χ2n) is 8.32. The van der Waals surface area contributed by atoms with Crippen LogP contribution in [0.4, 0.5) is 5.69 Å². The Morgan fingerprint density at radius 1 is 1.10 bits per heavy atom. The Balaban J connectivity index is 1.16. The molecule has 0 radical (unpaired) electrons. The van der Waals surface area contributed by atoms with Crippen LogP contribution in [0.25, 0.3) is 0 Å². The summed E-state index contributed by atoms with van der Waals surface area (Å²) in [6, 6.07) is 8.79. The molecule has 4 heterocycles. The van der Waals surface area contributed by atoms with E-state index in [1.807, 2.05) is 25.3 Å². The first-order valence-corrected chi connectivity index (χ1v) is 10.9. The highest BCUT2D eigenvalue weighted by Crippen LogP contribution is 2.36. The van der Waals surface area contributed by atoms with E-state index in [0.29, 0.717) is 17.8 Å². The van der Waals surface area contributed by atoms with E-state index in [1.54, 1.807) is 0 Å². The molecule has 8 heteroatoms. The minimum absolute atomic E-state index is 0.0825. The highest BCUT2D eigenvalue weighted by molar-refractivity contribution is 5.99. The summed E-state index contributed by atoms with van der Waals surface area (Å²) in [6.45, 7) is 6.15. The highest BCUT2D eigenvalue weighted by Gasteiger charge is 2.32. The monoisotopic (exact) mass is 405 g/mol. The fraction of sp³-hybridized carbons (Fsp3) is 0.500. The first kappa shape index (κ1) is 19.1. The van der Waals surface area contributed by atoms with Crippen molar-refractivity contribution < 1.29 is 0 Å². The number of hydrogen-bond acceptors (Lipinski definition) is 7. The molecule has 0 unspecified atom stereocenters. The third-order valence-corrected chi connectivity index (χ3v) is 6.69. The molecule has 2 atom stereocenters. The largest absolute Gasteiger partial charge is 0.368 e. The van der Waals surface area contributed by atoms with E-state index in [4.69, 9.17) is 0 Å². The molecule has 5 rings (SSSR count). The zero-order chi connectivity index (χ0) is 20.5. The summed E-state index contributed by atoms with van der Waals surface area (Å²) >= 11 is 0. The zero-order valence-electron chi connectivity index (χ0n) is 17.3. The molecule has 2 aromatic heterocycles. The van der Waals surface area contributed by atoms with E-state index >= 15 is 0 Å².